The van der Waals surface area contributed by atoms with E-state index in [0.29, 0.717) is 16.3 Å². The average Bonchev–Trinajstić information content (AvgIpc) is 3.39. The summed E-state index contributed by atoms with van der Waals surface area (Å²) in [7, 11) is -1.35. The molecule has 0 saturated carbocycles. The first-order chi connectivity index (χ1) is 14.2. The van der Waals surface area contributed by atoms with Crippen LogP contribution in [0.1, 0.15) is 6.42 Å². The zero-order chi connectivity index (χ0) is 19.8. The number of aromatic amines is 1. The van der Waals surface area contributed by atoms with Gasteiger partial charge in [-0.1, -0.05) is 18.2 Å². The van der Waals surface area contributed by atoms with Gasteiger partial charge >= 0.3 is 0 Å². The van der Waals surface area contributed by atoms with E-state index in [1.165, 1.54) is 0 Å². The van der Waals surface area contributed by atoms with Gasteiger partial charge in [-0.05, 0) is 36.8 Å². The summed E-state index contributed by atoms with van der Waals surface area (Å²) >= 11 is 0. The Kier molecular flexibility index (Phi) is 4.61. The summed E-state index contributed by atoms with van der Waals surface area (Å²) < 4.78 is 13.1. The zero-order valence-electron chi connectivity index (χ0n) is 15.7. The van der Waals surface area contributed by atoms with E-state index in [4.69, 9.17) is 0 Å². The van der Waals surface area contributed by atoms with Crippen LogP contribution >= 0.6 is 0 Å². The Morgan fingerprint density at radius 3 is 2.69 bits per heavy atom. The highest BCUT2D eigenvalue weighted by molar-refractivity contribution is 7.85. The zero-order valence-corrected chi connectivity index (χ0v) is 16.5. The van der Waals surface area contributed by atoms with Gasteiger partial charge in [-0.25, -0.2) is 9.19 Å². The van der Waals surface area contributed by atoms with Crippen LogP contribution in [0.2, 0.25) is 0 Å². The van der Waals surface area contributed by atoms with Crippen LogP contribution in [0.15, 0.2) is 76.9 Å². The Morgan fingerprint density at radius 1 is 1.10 bits per heavy atom. The van der Waals surface area contributed by atoms with E-state index >= 15 is 0 Å². The molecule has 0 aliphatic carbocycles. The molecule has 2 unspecified atom stereocenters. The van der Waals surface area contributed by atoms with Crippen molar-refractivity contribution in [1.29, 1.82) is 0 Å². The van der Waals surface area contributed by atoms with Crippen molar-refractivity contribution in [3.05, 3.63) is 67.1 Å². The molecule has 0 amide bonds. The second-order valence-corrected chi connectivity index (χ2v) is 8.63. The third-order valence-electron chi connectivity index (χ3n) is 5.20. The van der Waals surface area contributed by atoms with Crippen LogP contribution in [0, 0.1) is 0 Å². The number of aliphatic hydroxyl groups excluding tert-OH is 1. The standard InChI is InChI=1S/C22H20N4O2S/c27-16-7-10-26(14-16)22-19(21-11-15-3-1-2-4-20(15)25-21)12-18(13-24-22)29(28)17-5-8-23-9-6-17/h1-6,8-9,11-13,16,25,27H,7,10,14H2. The first-order valence-corrected chi connectivity index (χ1v) is 10.7. The van der Waals surface area contributed by atoms with Crippen LogP contribution in [-0.2, 0) is 10.8 Å². The van der Waals surface area contributed by atoms with Gasteiger partial charge in [-0.3, -0.25) is 4.98 Å². The van der Waals surface area contributed by atoms with E-state index in [2.05, 4.69) is 32.0 Å². The number of benzene rings is 1. The fourth-order valence-corrected chi connectivity index (χ4v) is 4.75. The second-order valence-electron chi connectivity index (χ2n) is 7.15. The average molecular weight is 404 g/mol. The summed E-state index contributed by atoms with van der Waals surface area (Å²) in [5, 5.41) is 11.1. The molecular formula is C22H20N4O2S. The summed E-state index contributed by atoms with van der Waals surface area (Å²) in [4.78, 5) is 15.5. The minimum Gasteiger partial charge on any atom is -0.391 e. The predicted octanol–water partition coefficient (Wildman–Crippen LogP) is 3.36. The second kappa shape index (κ2) is 7.42. The summed E-state index contributed by atoms with van der Waals surface area (Å²) in [5.74, 6) is 0.795. The van der Waals surface area contributed by atoms with E-state index in [1.54, 1.807) is 30.7 Å². The van der Waals surface area contributed by atoms with E-state index < -0.39 is 10.8 Å². The summed E-state index contributed by atoms with van der Waals surface area (Å²) in [6, 6.07) is 15.6. The number of β-amino-alcohol motifs (C(OH)–C–C–N with tert-alkyl or cyclic N) is 1. The van der Waals surface area contributed by atoms with E-state index in [0.717, 1.165) is 40.9 Å². The number of H-pyrrole nitrogens is 1. The molecule has 0 bridgehead atoms. The number of nitrogens with one attached hydrogen (secondary N) is 1. The Hall–Kier alpha value is -3.03. The van der Waals surface area contributed by atoms with Crippen molar-refractivity contribution in [2.24, 2.45) is 0 Å². The number of rotatable bonds is 4. The highest BCUT2D eigenvalue weighted by Gasteiger charge is 2.25. The number of anilines is 1. The molecule has 1 fully saturated rings. The lowest BCUT2D eigenvalue weighted by molar-refractivity contribution is 0.198. The van der Waals surface area contributed by atoms with E-state index in [-0.39, 0.29) is 6.10 Å². The van der Waals surface area contributed by atoms with Gasteiger partial charge in [0.2, 0.25) is 0 Å². The smallest absolute Gasteiger partial charge is 0.138 e. The molecule has 2 N–H and O–H groups in total. The highest BCUT2D eigenvalue weighted by atomic mass is 32.2. The lowest BCUT2D eigenvalue weighted by Gasteiger charge is -2.20. The van der Waals surface area contributed by atoms with Gasteiger partial charge in [0.25, 0.3) is 0 Å². The molecule has 29 heavy (non-hydrogen) atoms. The quantitative estimate of drug-likeness (QED) is 0.545. The number of hydrogen-bond donors (Lipinski definition) is 2. The van der Waals surface area contributed by atoms with E-state index in [1.807, 2.05) is 24.3 Å². The van der Waals surface area contributed by atoms with Crippen LogP contribution in [0.25, 0.3) is 22.2 Å². The number of aromatic nitrogens is 3. The molecule has 1 aliphatic heterocycles. The highest BCUT2D eigenvalue weighted by Crippen LogP contribution is 2.34. The molecular weight excluding hydrogens is 384 g/mol. The Bertz CT molecular complexity index is 1160. The fraction of sp³-hybridized carbons (Fsp3) is 0.182. The number of fused-ring (bicyclic) bond motifs is 1. The summed E-state index contributed by atoms with van der Waals surface area (Å²) in [5.41, 5.74) is 2.84. The SMILES string of the molecule is O=S(c1ccncc1)c1cnc(N2CCC(O)C2)c(-c2cc3ccccc3[nH]2)c1. The summed E-state index contributed by atoms with van der Waals surface area (Å²) in [6.07, 6.45) is 5.32. The first kappa shape index (κ1) is 18.0. The lowest BCUT2D eigenvalue weighted by Crippen LogP contribution is -2.23. The molecule has 5 rings (SSSR count). The number of hydrogen-bond acceptors (Lipinski definition) is 5. The molecule has 0 radical (unpaired) electrons. The van der Waals surface area contributed by atoms with Crippen molar-refractivity contribution in [3.8, 4) is 11.3 Å². The number of aliphatic hydroxyl groups is 1. The van der Waals surface area contributed by atoms with Crippen molar-refractivity contribution in [3.63, 3.8) is 0 Å². The number of para-hydroxylation sites is 1. The molecule has 146 valence electrons. The van der Waals surface area contributed by atoms with Crippen molar-refractivity contribution in [2.75, 3.05) is 18.0 Å². The third-order valence-corrected chi connectivity index (χ3v) is 6.55. The van der Waals surface area contributed by atoms with Gasteiger partial charge in [0, 0.05) is 53.0 Å². The van der Waals surface area contributed by atoms with Gasteiger partial charge in [-0.15, -0.1) is 0 Å². The van der Waals surface area contributed by atoms with Crippen LogP contribution < -0.4 is 4.90 Å². The van der Waals surface area contributed by atoms with Gasteiger partial charge in [-0.2, -0.15) is 0 Å². The molecule has 4 heterocycles. The van der Waals surface area contributed by atoms with Crippen LogP contribution in [0.3, 0.4) is 0 Å². The van der Waals surface area contributed by atoms with Gasteiger partial charge in [0.05, 0.1) is 27.5 Å². The van der Waals surface area contributed by atoms with Crippen molar-refractivity contribution in [2.45, 2.75) is 22.3 Å². The van der Waals surface area contributed by atoms with Gasteiger partial charge in [0.1, 0.15) is 5.82 Å². The maximum atomic E-state index is 13.1. The molecule has 1 saturated heterocycles. The third kappa shape index (κ3) is 3.43. The maximum Gasteiger partial charge on any atom is 0.138 e. The molecule has 0 spiro atoms. The predicted molar refractivity (Wildman–Crippen MR) is 113 cm³/mol. The molecule has 1 aromatic carbocycles. The van der Waals surface area contributed by atoms with E-state index in [9.17, 15) is 9.32 Å². The Labute approximate surface area is 170 Å². The van der Waals surface area contributed by atoms with Gasteiger partial charge in [0.15, 0.2) is 0 Å². The topological polar surface area (TPSA) is 82.1 Å². The monoisotopic (exact) mass is 404 g/mol. The minimum absolute atomic E-state index is 0.349. The van der Waals surface area contributed by atoms with Crippen LogP contribution in [0.5, 0.6) is 0 Å². The Balaban J connectivity index is 1.63. The molecule has 4 aromatic rings. The first-order valence-electron chi connectivity index (χ1n) is 9.52. The number of pyridine rings is 2. The van der Waals surface area contributed by atoms with Gasteiger partial charge < -0.3 is 15.0 Å². The summed E-state index contributed by atoms with van der Waals surface area (Å²) in [6.45, 7) is 1.29. The van der Waals surface area contributed by atoms with Crippen molar-refractivity contribution >= 4 is 27.5 Å². The van der Waals surface area contributed by atoms with Crippen molar-refractivity contribution in [1.82, 2.24) is 15.0 Å². The lowest BCUT2D eigenvalue weighted by atomic mass is 10.1. The van der Waals surface area contributed by atoms with Crippen molar-refractivity contribution < 1.29 is 9.32 Å². The van der Waals surface area contributed by atoms with Crippen LogP contribution in [0.4, 0.5) is 5.82 Å². The normalized spacial score (nSPS) is 17.7. The molecule has 7 heteroatoms. The maximum absolute atomic E-state index is 13.1. The molecule has 3 aromatic heterocycles. The molecule has 6 nitrogen and oxygen atoms in total. The number of nitrogens with zero attached hydrogens (tertiary/aromatic N) is 3. The molecule has 2 atom stereocenters. The largest absolute Gasteiger partial charge is 0.391 e. The fourth-order valence-electron chi connectivity index (χ4n) is 3.74. The van der Waals surface area contributed by atoms with Crippen LogP contribution in [-0.4, -0.2) is 43.5 Å². The Morgan fingerprint density at radius 2 is 1.93 bits per heavy atom. The molecule has 1 aliphatic rings. The minimum atomic E-state index is -1.35.